The maximum Gasteiger partial charge on any atom is 0.269 e. The monoisotopic (exact) mass is 373 g/mol. The third kappa shape index (κ3) is 2.99. The van der Waals surface area contributed by atoms with Gasteiger partial charge in [0.05, 0.1) is 10.5 Å². The summed E-state index contributed by atoms with van der Waals surface area (Å²) < 4.78 is 0. The topological polar surface area (TPSA) is 75.5 Å². The molecule has 0 unspecified atom stereocenters. The number of nitro benzene ring substituents is 1. The van der Waals surface area contributed by atoms with Crippen molar-refractivity contribution in [2.45, 2.75) is 20.0 Å². The summed E-state index contributed by atoms with van der Waals surface area (Å²) in [4.78, 5) is 25.8. The Bertz CT molecular complexity index is 1090. The van der Waals surface area contributed by atoms with Gasteiger partial charge in [-0.2, -0.15) is 0 Å². The Balaban J connectivity index is 1.88. The van der Waals surface area contributed by atoms with E-state index in [0.717, 1.165) is 16.8 Å². The molecule has 0 saturated carbocycles. The van der Waals surface area contributed by atoms with Crippen LogP contribution in [-0.4, -0.2) is 10.8 Å². The standard InChI is InChI=1S/C22H19N3O3/c1-14-10-11-17(12-15(14)2)24-21(16-6-5-7-18(13-16)25(27)28)23-20-9-4-3-8-19(20)22(24)26/h3-13,21,23H,1-2H3/t21-/m0/s1. The highest BCUT2D eigenvalue weighted by Crippen LogP contribution is 2.37. The number of amides is 1. The zero-order valence-electron chi connectivity index (χ0n) is 15.5. The molecular weight excluding hydrogens is 354 g/mol. The lowest BCUT2D eigenvalue weighted by Crippen LogP contribution is -2.43. The molecule has 1 N–H and O–H groups in total. The van der Waals surface area contributed by atoms with Crippen molar-refractivity contribution in [3.8, 4) is 0 Å². The highest BCUT2D eigenvalue weighted by Gasteiger charge is 2.34. The fourth-order valence-corrected chi connectivity index (χ4v) is 3.44. The van der Waals surface area contributed by atoms with Gasteiger partial charge in [-0.15, -0.1) is 0 Å². The molecule has 0 saturated heterocycles. The number of anilines is 2. The molecule has 3 aromatic carbocycles. The van der Waals surface area contributed by atoms with Gasteiger partial charge in [-0.05, 0) is 49.2 Å². The molecule has 0 bridgehead atoms. The number of non-ortho nitro benzene ring substituents is 1. The molecule has 140 valence electrons. The maximum atomic E-state index is 13.4. The number of carbonyl (C=O) groups excluding carboxylic acids is 1. The average molecular weight is 373 g/mol. The van der Waals surface area contributed by atoms with Crippen LogP contribution in [0.1, 0.15) is 33.2 Å². The Labute approximate surface area is 162 Å². The Morgan fingerprint density at radius 1 is 0.964 bits per heavy atom. The fraction of sp³-hybridized carbons (Fsp3) is 0.136. The summed E-state index contributed by atoms with van der Waals surface area (Å²) in [5.41, 5.74) is 4.87. The van der Waals surface area contributed by atoms with Crippen molar-refractivity contribution >= 4 is 23.0 Å². The van der Waals surface area contributed by atoms with E-state index in [4.69, 9.17) is 0 Å². The number of carbonyl (C=O) groups is 1. The molecule has 6 heteroatoms. The number of fused-ring (bicyclic) bond motifs is 1. The summed E-state index contributed by atoms with van der Waals surface area (Å²) in [7, 11) is 0. The van der Waals surface area contributed by atoms with Crippen LogP contribution in [0.25, 0.3) is 0 Å². The largest absolute Gasteiger partial charge is 0.360 e. The van der Waals surface area contributed by atoms with Crippen LogP contribution in [0.4, 0.5) is 17.1 Å². The lowest BCUT2D eigenvalue weighted by Gasteiger charge is -2.38. The van der Waals surface area contributed by atoms with Crippen molar-refractivity contribution in [3.05, 3.63) is 99.1 Å². The van der Waals surface area contributed by atoms with Crippen molar-refractivity contribution in [1.29, 1.82) is 0 Å². The highest BCUT2D eigenvalue weighted by atomic mass is 16.6. The first kappa shape index (κ1) is 17.7. The Morgan fingerprint density at radius 3 is 2.50 bits per heavy atom. The highest BCUT2D eigenvalue weighted by molar-refractivity contribution is 6.12. The van der Waals surface area contributed by atoms with Gasteiger partial charge in [0.15, 0.2) is 0 Å². The molecule has 1 aliphatic rings. The molecule has 1 amide bonds. The smallest absolute Gasteiger partial charge is 0.269 e. The van der Waals surface area contributed by atoms with Gasteiger partial charge in [0.25, 0.3) is 11.6 Å². The first-order chi connectivity index (χ1) is 13.5. The number of nitro groups is 1. The zero-order chi connectivity index (χ0) is 19.8. The second kappa shape index (κ2) is 6.81. The van der Waals surface area contributed by atoms with Crippen molar-refractivity contribution in [3.63, 3.8) is 0 Å². The van der Waals surface area contributed by atoms with Gasteiger partial charge in [0, 0.05) is 29.1 Å². The quantitative estimate of drug-likeness (QED) is 0.519. The summed E-state index contributed by atoms with van der Waals surface area (Å²) >= 11 is 0. The molecule has 0 aromatic heterocycles. The molecule has 0 radical (unpaired) electrons. The fourth-order valence-electron chi connectivity index (χ4n) is 3.44. The molecule has 1 atom stereocenters. The van der Waals surface area contributed by atoms with Gasteiger partial charge < -0.3 is 5.32 Å². The number of rotatable bonds is 3. The predicted octanol–water partition coefficient (Wildman–Crippen LogP) is 4.98. The number of para-hydroxylation sites is 1. The van der Waals surface area contributed by atoms with E-state index in [0.29, 0.717) is 16.8 Å². The van der Waals surface area contributed by atoms with E-state index in [9.17, 15) is 14.9 Å². The van der Waals surface area contributed by atoms with Gasteiger partial charge in [0.2, 0.25) is 0 Å². The molecule has 3 aromatic rings. The van der Waals surface area contributed by atoms with E-state index in [2.05, 4.69) is 5.32 Å². The van der Waals surface area contributed by atoms with Crippen LogP contribution in [0, 0.1) is 24.0 Å². The number of benzene rings is 3. The Kier molecular flexibility index (Phi) is 4.31. The number of aryl methyl sites for hydroxylation is 2. The summed E-state index contributed by atoms with van der Waals surface area (Å²) in [5.74, 6) is -0.144. The van der Waals surface area contributed by atoms with Crippen LogP contribution in [0.15, 0.2) is 66.7 Å². The Morgan fingerprint density at radius 2 is 1.75 bits per heavy atom. The van der Waals surface area contributed by atoms with Gasteiger partial charge in [-0.25, -0.2) is 0 Å². The molecule has 6 nitrogen and oxygen atoms in total. The van der Waals surface area contributed by atoms with Gasteiger partial charge >= 0.3 is 0 Å². The summed E-state index contributed by atoms with van der Waals surface area (Å²) in [5, 5.41) is 14.6. The Hall–Kier alpha value is -3.67. The van der Waals surface area contributed by atoms with Crippen molar-refractivity contribution in [2.75, 3.05) is 10.2 Å². The predicted molar refractivity (Wildman–Crippen MR) is 109 cm³/mol. The van der Waals surface area contributed by atoms with E-state index in [1.54, 1.807) is 23.1 Å². The summed E-state index contributed by atoms with van der Waals surface area (Å²) in [6.07, 6.45) is -0.551. The van der Waals surface area contributed by atoms with E-state index >= 15 is 0 Å². The van der Waals surface area contributed by atoms with Crippen LogP contribution in [-0.2, 0) is 0 Å². The molecular formula is C22H19N3O3. The lowest BCUT2D eigenvalue weighted by atomic mass is 10.0. The van der Waals surface area contributed by atoms with Gasteiger partial charge in [-0.3, -0.25) is 19.8 Å². The van der Waals surface area contributed by atoms with Crippen molar-refractivity contribution in [1.82, 2.24) is 0 Å². The van der Waals surface area contributed by atoms with Crippen molar-refractivity contribution in [2.24, 2.45) is 0 Å². The molecule has 4 rings (SSSR count). The lowest BCUT2D eigenvalue weighted by molar-refractivity contribution is -0.384. The van der Waals surface area contributed by atoms with E-state index in [1.165, 1.54) is 12.1 Å². The second-order valence-corrected chi connectivity index (χ2v) is 6.89. The minimum Gasteiger partial charge on any atom is -0.360 e. The molecule has 1 heterocycles. The van der Waals surface area contributed by atoms with Crippen LogP contribution < -0.4 is 10.2 Å². The second-order valence-electron chi connectivity index (χ2n) is 6.89. The SMILES string of the molecule is Cc1ccc(N2C(=O)c3ccccc3N[C@@H]2c2cccc([N+](=O)[O-])c2)cc1C. The third-order valence-electron chi connectivity index (χ3n) is 5.09. The van der Waals surface area contributed by atoms with Crippen LogP contribution in [0.2, 0.25) is 0 Å². The van der Waals surface area contributed by atoms with Gasteiger partial charge in [0.1, 0.15) is 6.17 Å². The first-order valence-corrected chi connectivity index (χ1v) is 8.96. The van der Waals surface area contributed by atoms with E-state index in [-0.39, 0.29) is 11.6 Å². The zero-order valence-corrected chi connectivity index (χ0v) is 15.5. The molecule has 0 aliphatic carbocycles. The minimum atomic E-state index is -0.551. The average Bonchev–Trinajstić information content (AvgIpc) is 2.70. The third-order valence-corrected chi connectivity index (χ3v) is 5.09. The summed E-state index contributed by atoms with van der Waals surface area (Å²) in [6, 6.07) is 19.5. The van der Waals surface area contributed by atoms with Gasteiger partial charge in [-0.1, -0.05) is 30.3 Å². The summed E-state index contributed by atoms with van der Waals surface area (Å²) in [6.45, 7) is 4.01. The molecule has 1 aliphatic heterocycles. The number of hydrogen-bond donors (Lipinski definition) is 1. The normalized spacial score (nSPS) is 15.7. The van der Waals surface area contributed by atoms with Crippen LogP contribution >= 0.6 is 0 Å². The van der Waals surface area contributed by atoms with Crippen LogP contribution in [0.3, 0.4) is 0 Å². The number of nitrogens with one attached hydrogen (secondary N) is 1. The minimum absolute atomic E-state index is 0.00866. The molecule has 0 fully saturated rings. The van der Waals surface area contributed by atoms with Crippen LogP contribution in [0.5, 0.6) is 0 Å². The molecule has 0 spiro atoms. The van der Waals surface area contributed by atoms with E-state index in [1.807, 2.05) is 50.2 Å². The molecule has 28 heavy (non-hydrogen) atoms. The number of hydrogen-bond acceptors (Lipinski definition) is 4. The first-order valence-electron chi connectivity index (χ1n) is 8.96. The maximum absolute atomic E-state index is 13.4. The van der Waals surface area contributed by atoms with E-state index < -0.39 is 11.1 Å². The van der Waals surface area contributed by atoms with Crippen molar-refractivity contribution < 1.29 is 9.72 Å². The number of nitrogens with zero attached hydrogens (tertiary/aromatic N) is 2.